The van der Waals surface area contributed by atoms with Gasteiger partial charge in [-0.15, -0.1) is 0 Å². The Kier molecular flexibility index (Phi) is 10.2. The van der Waals surface area contributed by atoms with Crippen molar-refractivity contribution in [2.75, 3.05) is 42.3 Å². The number of nitrogens with one attached hydrogen (secondary N) is 1. The Morgan fingerprint density at radius 3 is 2.39 bits per heavy atom. The first-order valence-electron chi connectivity index (χ1n) is 13.8. The number of nitrogen functional groups attached to an aromatic ring is 1. The molecule has 0 radical (unpaired) electrons. The Labute approximate surface area is 242 Å². The van der Waals surface area contributed by atoms with E-state index in [1.807, 2.05) is 89.6 Å². The van der Waals surface area contributed by atoms with Crippen LogP contribution in [0.15, 0.2) is 24.3 Å². The van der Waals surface area contributed by atoms with Gasteiger partial charge in [0.05, 0.1) is 13.0 Å². The predicted molar refractivity (Wildman–Crippen MR) is 157 cm³/mol. The number of fused-ring (bicyclic) bond motifs is 1. The van der Waals surface area contributed by atoms with Crippen LogP contribution in [-0.4, -0.2) is 66.4 Å². The van der Waals surface area contributed by atoms with E-state index in [0.717, 1.165) is 11.1 Å². The molecule has 12 heteroatoms. The molecule has 1 amide bonds. The smallest absolute Gasteiger partial charge is 0.407 e. The van der Waals surface area contributed by atoms with Crippen LogP contribution in [0.1, 0.15) is 66.0 Å². The maximum absolute atomic E-state index is 12.4. The quantitative estimate of drug-likeness (QED) is 0.298. The van der Waals surface area contributed by atoms with Gasteiger partial charge in [-0.05, 0) is 66.0 Å². The third kappa shape index (κ3) is 9.38. The molecule has 0 saturated carbocycles. The minimum Gasteiger partial charge on any atom is -0.463 e. The summed E-state index contributed by atoms with van der Waals surface area (Å²) in [6.07, 6.45) is -0.248. The summed E-state index contributed by atoms with van der Waals surface area (Å²) in [5.74, 6) is 0.569. The fourth-order valence-corrected chi connectivity index (χ4v) is 4.29. The lowest BCUT2D eigenvalue weighted by Gasteiger charge is -2.29. The number of carbonyl (C=O) groups excluding carboxylic acids is 2. The average Bonchev–Trinajstić information content (AvgIpc) is 3.08. The van der Waals surface area contributed by atoms with Gasteiger partial charge in [0.2, 0.25) is 6.35 Å². The molecule has 3 rings (SSSR count). The van der Waals surface area contributed by atoms with Crippen LogP contribution in [0.3, 0.4) is 0 Å². The van der Waals surface area contributed by atoms with Crippen molar-refractivity contribution >= 4 is 29.4 Å². The molecule has 1 aromatic heterocycles. The summed E-state index contributed by atoms with van der Waals surface area (Å²) in [7, 11) is 1.88. The molecule has 41 heavy (non-hydrogen) atoms. The number of nitrogens with two attached hydrogens (primary N) is 1. The summed E-state index contributed by atoms with van der Waals surface area (Å²) >= 11 is 0. The minimum absolute atomic E-state index is 0.132. The highest BCUT2D eigenvalue weighted by atomic mass is 16.6. The monoisotopic (exact) mass is 572 g/mol. The van der Waals surface area contributed by atoms with Gasteiger partial charge in [-0.3, -0.25) is 4.79 Å². The second-order valence-corrected chi connectivity index (χ2v) is 11.8. The summed E-state index contributed by atoms with van der Waals surface area (Å²) in [6, 6.07) is 7.91. The number of carbonyl (C=O) groups is 2. The van der Waals surface area contributed by atoms with Crippen molar-refractivity contribution < 1.29 is 28.5 Å². The molecule has 3 N–H and O–H groups in total. The summed E-state index contributed by atoms with van der Waals surface area (Å²) in [5.41, 5.74) is 7.71. The third-order valence-electron chi connectivity index (χ3n) is 5.74. The molecule has 1 atom stereocenters. The van der Waals surface area contributed by atoms with E-state index in [-0.39, 0.29) is 30.8 Å². The van der Waals surface area contributed by atoms with E-state index in [2.05, 4.69) is 15.3 Å². The first-order valence-corrected chi connectivity index (χ1v) is 13.8. The molecule has 1 aliphatic heterocycles. The fourth-order valence-electron chi connectivity index (χ4n) is 4.29. The first-order chi connectivity index (χ1) is 19.2. The summed E-state index contributed by atoms with van der Waals surface area (Å²) < 4.78 is 22.6. The number of ether oxygens (including phenoxy) is 4. The number of anilines is 3. The predicted octanol–water partition coefficient (Wildman–Crippen LogP) is 4.01. The lowest BCUT2D eigenvalue weighted by Crippen LogP contribution is -2.43. The zero-order valence-corrected chi connectivity index (χ0v) is 25.4. The van der Waals surface area contributed by atoms with Gasteiger partial charge in [-0.1, -0.05) is 24.3 Å². The summed E-state index contributed by atoms with van der Waals surface area (Å²) in [4.78, 5) is 37.1. The maximum Gasteiger partial charge on any atom is 0.407 e. The van der Waals surface area contributed by atoms with Crippen LogP contribution < -0.4 is 25.6 Å². The van der Waals surface area contributed by atoms with Crippen molar-refractivity contribution in [1.29, 1.82) is 0 Å². The van der Waals surface area contributed by atoms with Crippen LogP contribution in [0.5, 0.6) is 6.01 Å². The number of alkyl carbamates (subject to hydrolysis) is 1. The molecule has 1 aliphatic rings. The van der Waals surface area contributed by atoms with Gasteiger partial charge in [0, 0.05) is 26.7 Å². The number of rotatable bonds is 11. The Hall–Kier alpha value is -3.80. The van der Waals surface area contributed by atoms with Crippen molar-refractivity contribution in [3.05, 3.63) is 35.4 Å². The Morgan fingerprint density at radius 2 is 1.73 bits per heavy atom. The molecular formula is C29H44N6O6. The molecule has 1 unspecified atom stereocenters. The van der Waals surface area contributed by atoms with Crippen LogP contribution in [-0.2, 0) is 32.0 Å². The molecule has 0 spiro atoms. The van der Waals surface area contributed by atoms with Crippen molar-refractivity contribution in [3.63, 3.8) is 0 Å². The highest BCUT2D eigenvalue weighted by molar-refractivity contribution is 5.82. The molecule has 0 aliphatic carbocycles. The van der Waals surface area contributed by atoms with Gasteiger partial charge in [-0.2, -0.15) is 9.97 Å². The average molecular weight is 573 g/mol. The third-order valence-corrected chi connectivity index (χ3v) is 5.74. The number of hydrogen-bond acceptors (Lipinski definition) is 11. The highest BCUT2D eigenvalue weighted by Crippen LogP contribution is 2.42. The van der Waals surface area contributed by atoms with E-state index >= 15 is 0 Å². The second-order valence-electron chi connectivity index (χ2n) is 11.8. The lowest BCUT2D eigenvalue weighted by atomic mass is 10.1. The topological polar surface area (TPSA) is 141 Å². The van der Waals surface area contributed by atoms with E-state index in [1.54, 1.807) is 0 Å². The fraction of sp³-hybridized carbons (Fsp3) is 0.586. The van der Waals surface area contributed by atoms with Crippen LogP contribution in [0, 0.1) is 0 Å². The first kappa shape index (κ1) is 31.7. The lowest BCUT2D eigenvalue weighted by molar-refractivity contribution is -0.153. The van der Waals surface area contributed by atoms with Crippen molar-refractivity contribution in [1.82, 2.24) is 15.3 Å². The van der Waals surface area contributed by atoms with Crippen LogP contribution in [0.4, 0.5) is 22.1 Å². The van der Waals surface area contributed by atoms with Gasteiger partial charge >= 0.3 is 18.1 Å². The maximum atomic E-state index is 12.4. The Morgan fingerprint density at radius 1 is 1.05 bits per heavy atom. The highest BCUT2D eigenvalue weighted by Gasteiger charge is 2.38. The molecule has 226 valence electrons. The number of amides is 1. The van der Waals surface area contributed by atoms with Crippen molar-refractivity contribution in [3.8, 4) is 6.01 Å². The molecule has 0 saturated heterocycles. The molecule has 0 fully saturated rings. The number of hydrogen-bond donors (Lipinski definition) is 2. The Balaban J connectivity index is 1.72. The number of nitrogens with zero attached hydrogens (tertiary/aromatic N) is 4. The van der Waals surface area contributed by atoms with E-state index in [4.69, 9.17) is 24.7 Å². The zero-order valence-electron chi connectivity index (χ0n) is 25.4. The van der Waals surface area contributed by atoms with Crippen LogP contribution in [0.2, 0.25) is 0 Å². The molecule has 0 bridgehead atoms. The minimum atomic E-state index is -0.561. The number of esters is 1. The van der Waals surface area contributed by atoms with Gasteiger partial charge in [0.1, 0.15) is 16.9 Å². The van der Waals surface area contributed by atoms with Gasteiger partial charge in [0.15, 0.2) is 11.6 Å². The summed E-state index contributed by atoms with van der Waals surface area (Å²) in [5, 5.41) is 2.70. The van der Waals surface area contributed by atoms with Gasteiger partial charge in [-0.25, -0.2) is 4.79 Å². The van der Waals surface area contributed by atoms with E-state index in [9.17, 15) is 9.59 Å². The normalized spacial score (nSPS) is 15.0. The SMILES string of the molecule is CCOC1N(C)c2c(N)nc(OCCCNC(=O)OC(C)(C)C)nc2N1Cc1cccc(CC(=O)OC(C)(C)C)c1. The van der Waals surface area contributed by atoms with Crippen molar-refractivity contribution in [2.45, 2.75) is 85.4 Å². The summed E-state index contributed by atoms with van der Waals surface area (Å²) in [6.45, 7) is 14.5. The van der Waals surface area contributed by atoms with E-state index in [0.29, 0.717) is 37.6 Å². The zero-order chi connectivity index (χ0) is 30.4. The standard InChI is InChI=1S/C29H44N6O6/c1-9-38-27-34(8)22-23(30)32-25(39-15-11-14-31-26(37)41-29(5,6)7)33-24(22)35(27)18-20-13-10-12-19(16-20)17-21(36)40-28(2,3)4/h10,12-13,16,27H,9,11,14-15,17-18H2,1-8H3,(H,31,37)(H2,30,32,33). The molecule has 2 heterocycles. The van der Waals surface area contributed by atoms with Crippen LogP contribution in [0.25, 0.3) is 0 Å². The molecule has 12 nitrogen and oxygen atoms in total. The largest absolute Gasteiger partial charge is 0.463 e. The molecule has 1 aromatic carbocycles. The second kappa shape index (κ2) is 13.2. The van der Waals surface area contributed by atoms with Crippen LogP contribution >= 0.6 is 0 Å². The molecular weight excluding hydrogens is 528 g/mol. The van der Waals surface area contributed by atoms with Gasteiger partial charge in [0.25, 0.3) is 0 Å². The molecule has 2 aromatic rings. The van der Waals surface area contributed by atoms with E-state index < -0.39 is 23.6 Å². The van der Waals surface area contributed by atoms with Gasteiger partial charge < -0.3 is 39.8 Å². The van der Waals surface area contributed by atoms with E-state index in [1.165, 1.54) is 0 Å². The Bertz CT molecular complexity index is 1210. The number of aromatic nitrogens is 2. The number of benzene rings is 1. The van der Waals surface area contributed by atoms with Crippen molar-refractivity contribution in [2.24, 2.45) is 0 Å².